The van der Waals surface area contributed by atoms with Crippen molar-refractivity contribution in [2.24, 2.45) is 5.10 Å². The third-order valence-electron chi connectivity index (χ3n) is 3.00. The lowest BCUT2D eigenvalue weighted by Crippen LogP contribution is -2.17. The molecule has 0 aliphatic rings. The quantitative estimate of drug-likeness (QED) is 0.686. The zero-order valence-electron chi connectivity index (χ0n) is 11.5. The van der Waals surface area contributed by atoms with Crippen LogP contribution in [0.4, 0.5) is 0 Å². The van der Waals surface area contributed by atoms with Gasteiger partial charge in [0.15, 0.2) is 0 Å². The highest BCUT2D eigenvalue weighted by Gasteiger charge is 2.10. The van der Waals surface area contributed by atoms with Gasteiger partial charge in [0.1, 0.15) is 5.76 Å². The number of rotatable bonds is 3. The number of hydrogen-bond acceptors (Lipinski definition) is 3. The molecule has 1 amide bonds. The van der Waals surface area contributed by atoms with Crippen molar-refractivity contribution in [3.8, 4) is 0 Å². The summed E-state index contributed by atoms with van der Waals surface area (Å²) in [6.45, 7) is 5.74. The van der Waals surface area contributed by atoms with Crippen molar-refractivity contribution in [2.75, 3.05) is 0 Å². The predicted octanol–water partition coefficient (Wildman–Crippen LogP) is 3.73. The van der Waals surface area contributed by atoms with Crippen LogP contribution in [0.2, 0.25) is 0 Å². The molecule has 0 atom stereocenters. The number of amides is 1. The lowest BCUT2D eigenvalue weighted by molar-refractivity contribution is 0.0953. The van der Waals surface area contributed by atoms with Gasteiger partial charge in [0.05, 0.1) is 18.0 Å². The highest BCUT2D eigenvalue weighted by molar-refractivity contribution is 9.10. The Morgan fingerprint density at radius 3 is 2.75 bits per heavy atom. The number of halogens is 1. The van der Waals surface area contributed by atoms with E-state index in [1.807, 2.05) is 26.0 Å². The number of aryl methyl sites for hydroxylation is 2. The summed E-state index contributed by atoms with van der Waals surface area (Å²) in [7, 11) is 0. The second-order valence-corrected chi connectivity index (χ2v) is 5.40. The fourth-order valence-corrected chi connectivity index (χ4v) is 2.41. The van der Waals surface area contributed by atoms with Gasteiger partial charge in [-0.25, -0.2) is 5.43 Å². The number of hydrazone groups is 1. The van der Waals surface area contributed by atoms with Gasteiger partial charge in [0.2, 0.25) is 0 Å². The van der Waals surface area contributed by atoms with E-state index in [2.05, 4.69) is 26.5 Å². The van der Waals surface area contributed by atoms with Gasteiger partial charge in [-0.15, -0.1) is 0 Å². The first-order valence-electron chi connectivity index (χ1n) is 6.13. The van der Waals surface area contributed by atoms with E-state index < -0.39 is 0 Å². The summed E-state index contributed by atoms with van der Waals surface area (Å²) in [6, 6.07) is 5.67. The average Bonchev–Trinajstić information content (AvgIpc) is 2.81. The van der Waals surface area contributed by atoms with E-state index in [9.17, 15) is 4.79 Å². The van der Waals surface area contributed by atoms with Crippen LogP contribution in [0.25, 0.3) is 0 Å². The Kier molecular flexibility index (Phi) is 4.39. The summed E-state index contributed by atoms with van der Waals surface area (Å²) in [5.74, 6) is 0.295. The smallest absolute Gasteiger partial charge is 0.274 e. The number of hydrogen-bond donors (Lipinski definition) is 1. The lowest BCUT2D eigenvalue weighted by atomic mass is 10.1. The van der Waals surface area contributed by atoms with Crippen LogP contribution in [0.1, 0.15) is 32.8 Å². The number of carbonyl (C=O) groups excluding carboxylic acids is 1. The van der Waals surface area contributed by atoms with Crippen molar-refractivity contribution < 1.29 is 9.21 Å². The minimum absolute atomic E-state index is 0.281. The molecule has 0 fully saturated rings. The van der Waals surface area contributed by atoms with E-state index in [-0.39, 0.29) is 5.91 Å². The van der Waals surface area contributed by atoms with E-state index >= 15 is 0 Å². The van der Waals surface area contributed by atoms with Crippen LogP contribution in [0.15, 0.2) is 38.5 Å². The Hall–Kier alpha value is -1.88. The maximum absolute atomic E-state index is 11.8. The molecule has 1 N–H and O–H groups in total. The van der Waals surface area contributed by atoms with Gasteiger partial charge in [0.25, 0.3) is 5.91 Å². The number of nitrogens with zero attached hydrogens (tertiary/aromatic N) is 1. The molecule has 0 saturated heterocycles. The highest BCUT2D eigenvalue weighted by atomic mass is 79.9. The van der Waals surface area contributed by atoms with Crippen LogP contribution < -0.4 is 5.43 Å². The number of furan rings is 1. The van der Waals surface area contributed by atoms with E-state index in [4.69, 9.17) is 4.42 Å². The molecule has 0 aliphatic heterocycles. The maximum atomic E-state index is 11.8. The average molecular weight is 335 g/mol. The van der Waals surface area contributed by atoms with Crippen LogP contribution in [-0.2, 0) is 0 Å². The molecular formula is C15H15BrN2O2. The molecule has 0 bridgehead atoms. The summed E-state index contributed by atoms with van der Waals surface area (Å²) < 4.78 is 6.11. The summed E-state index contributed by atoms with van der Waals surface area (Å²) in [4.78, 5) is 11.8. The molecule has 20 heavy (non-hydrogen) atoms. The zero-order valence-corrected chi connectivity index (χ0v) is 13.1. The zero-order chi connectivity index (χ0) is 14.7. The number of carbonyl (C=O) groups is 1. The minimum Gasteiger partial charge on any atom is -0.469 e. The molecule has 4 nitrogen and oxygen atoms in total. The third kappa shape index (κ3) is 3.17. The summed E-state index contributed by atoms with van der Waals surface area (Å²) in [5, 5.41) is 3.99. The molecule has 1 aromatic heterocycles. The van der Waals surface area contributed by atoms with Crippen molar-refractivity contribution in [1.82, 2.24) is 5.43 Å². The van der Waals surface area contributed by atoms with E-state index in [0.29, 0.717) is 11.3 Å². The van der Waals surface area contributed by atoms with Gasteiger partial charge >= 0.3 is 0 Å². The third-order valence-corrected chi connectivity index (χ3v) is 3.83. The molecule has 0 radical (unpaired) electrons. The van der Waals surface area contributed by atoms with Gasteiger partial charge in [-0.2, -0.15) is 5.10 Å². The summed E-state index contributed by atoms with van der Waals surface area (Å²) in [6.07, 6.45) is 3.12. The topological polar surface area (TPSA) is 54.6 Å². The standard InChI is InChI=1S/C15H15BrN2O2/c1-9-6-12(10(2)14(16)7-9)8-17-18-15(19)13-4-5-20-11(13)3/h4-8H,1-3H3,(H,18,19)/b17-8+. The van der Waals surface area contributed by atoms with Gasteiger partial charge in [-0.3, -0.25) is 4.79 Å². The molecule has 0 aliphatic carbocycles. The number of benzene rings is 1. The molecule has 1 aromatic carbocycles. The normalized spacial score (nSPS) is 11.0. The minimum atomic E-state index is -0.281. The number of nitrogens with one attached hydrogen (secondary N) is 1. The molecule has 1 heterocycles. The molecule has 2 aromatic rings. The van der Waals surface area contributed by atoms with Gasteiger partial charge in [0, 0.05) is 4.47 Å². The fraction of sp³-hybridized carbons (Fsp3) is 0.200. The lowest BCUT2D eigenvalue weighted by Gasteiger charge is -2.05. The first-order valence-corrected chi connectivity index (χ1v) is 6.92. The highest BCUT2D eigenvalue weighted by Crippen LogP contribution is 2.20. The van der Waals surface area contributed by atoms with Crippen LogP contribution in [0.5, 0.6) is 0 Å². The Morgan fingerprint density at radius 1 is 1.35 bits per heavy atom. The maximum Gasteiger partial charge on any atom is 0.274 e. The van der Waals surface area contributed by atoms with E-state index in [1.54, 1.807) is 19.2 Å². The molecule has 5 heteroatoms. The van der Waals surface area contributed by atoms with Crippen LogP contribution in [0.3, 0.4) is 0 Å². The molecule has 0 saturated carbocycles. The Balaban J connectivity index is 2.11. The summed E-state index contributed by atoms with van der Waals surface area (Å²) in [5.41, 5.74) is 6.15. The second-order valence-electron chi connectivity index (χ2n) is 4.55. The van der Waals surface area contributed by atoms with Crippen molar-refractivity contribution in [3.05, 3.63) is 56.9 Å². The molecule has 0 spiro atoms. The van der Waals surface area contributed by atoms with Gasteiger partial charge < -0.3 is 4.42 Å². The molecule has 2 rings (SSSR count). The van der Waals surface area contributed by atoms with Crippen molar-refractivity contribution in [1.29, 1.82) is 0 Å². The van der Waals surface area contributed by atoms with Crippen molar-refractivity contribution in [3.63, 3.8) is 0 Å². The largest absolute Gasteiger partial charge is 0.469 e. The second kappa shape index (κ2) is 6.05. The summed E-state index contributed by atoms with van der Waals surface area (Å²) >= 11 is 3.50. The van der Waals surface area contributed by atoms with Crippen molar-refractivity contribution in [2.45, 2.75) is 20.8 Å². The Morgan fingerprint density at radius 2 is 2.10 bits per heavy atom. The predicted molar refractivity (Wildman–Crippen MR) is 82.1 cm³/mol. The molecular weight excluding hydrogens is 320 g/mol. The SMILES string of the molecule is Cc1cc(Br)c(C)c(/C=N/NC(=O)c2ccoc2C)c1. The first kappa shape index (κ1) is 14.5. The van der Waals surface area contributed by atoms with Gasteiger partial charge in [-0.1, -0.05) is 22.0 Å². The van der Waals surface area contributed by atoms with E-state index in [1.165, 1.54) is 6.26 Å². The fourth-order valence-electron chi connectivity index (χ4n) is 1.82. The molecule has 104 valence electrons. The molecule has 0 unspecified atom stereocenters. The van der Waals surface area contributed by atoms with Crippen LogP contribution >= 0.6 is 15.9 Å². The van der Waals surface area contributed by atoms with Crippen molar-refractivity contribution >= 4 is 28.1 Å². The Labute approximate surface area is 126 Å². The Bertz CT molecular complexity index is 675. The van der Waals surface area contributed by atoms with Crippen LogP contribution in [-0.4, -0.2) is 12.1 Å². The van der Waals surface area contributed by atoms with Crippen LogP contribution in [0, 0.1) is 20.8 Å². The monoisotopic (exact) mass is 334 g/mol. The van der Waals surface area contributed by atoms with E-state index in [0.717, 1.165) is 21.2 Å². The first-order chi connectivity index (χ1) is 9.49. The van der Waals surface area contributed by atoms with Gasteiger partial charge in [-0.05, 0) is 49.6 Å².